The molecule has 0 saturated carbocycles. The van der Waals surface area contributed by atoms with Crippen molar-refractivity contribution < 1.29 is 38.4 Å². The molecule has 0 bridgehead atoms. The number of hydrogen-bond donors (Lipinski definition) is 4. The lowest BCUT2D eigenvalue weighted by Gasteiger charge is -2.18. The zero-order valence-corrected chi connectivity index (χ0v) is 19.2. The van der Waals surface area contributed by atoms with Crippen molar-refractivity contribution >= 4 is 22.8 Å². The van der Waals surface area contributed by atoms with Crippen molar-refractivity contribution in [2.24, 2.45) is 0 Å². The van der Waals surface area contributed by atoms with Crippen LogP contribution in [0.3, 0.4) is 0 Å². The fourth-order valence-corrected chi connectivity index (χ4v) is 3.90. The number of aromatic hydroxyl groups is 1. The Balaban J connectivity index is 1.32. The highest BCUT2D eigenvalue weighted by molar-refractivity contribution is 5.88. The van der Waals surface area contributed by atoms with E-state index < -0.39 is 35.7 Å². The highest BCUT2D eigenvalue weighted by atomic mass is 16.6. The molecule has 1 atom stereocenters. The molecule has 1 aliphatic rings. The number of fused-ring (bicyclic) bond motifs is 2. The minimum Gasteiger partial charge on any atom is -0.507 e. The van der Waals surface area contributed by atoms with Crippen LogP contribution in [0.2, 0.25) is 0 Å². The minimum atomic E-state index is -1.22. The van der Waals surface area contributed by atoms with E-state index in [4.69, 9.17) is 18.6 Å². The number of aromatic amines is 1. The van der Waals surface area contributed by atoms with E-state index in [9.17, 15) is 24.6 Å². The molecule has 2 aromatic carbocycles. The Kier molecular flexibility index (Phi) is 6.37. The van der Waals surface area contributed by atoms with Crippen molar-refractivity contribution in [3.63, 3.8) is 0 Å². The van der Waals surface area contributed by atoms with Gasteiger partial charge in [0.25, 0.3) is 5.91 Å². The molecular formula is C25H21N3O9. The van der Waals surface area contributed by atoms with E-state index in [1.165, 1.54) is 30.9 Å². The Labute approximate surface area is 208 Å². The molecule has 0 saturated heterocycles. The number of nitrogens with one attached hydrogen (secondary N) is 2. The van der Waals surface area contributed by atoms with Crippen LogP contribution in [0, 0.1) is 0 Å². The number of benzene rings is 2. The molecule has 12 nitrogen and oxygen atoms in total. The molecule has 190 valence electrons. The van der Waals surface area contributed by atoms with E-state index in [-0.39, 0.29) is 28.7 Å². The number of aliphatic carboxylic acids is 1. The fraction of sp³-hybridized carbons (Fsp3) is 0.200. The zero-order valence-electron chi connectivity index (χ0n) is 19.2. The first-order valence-electron chi connectivity index (χ1n) is 11.2. The van der Waals surface area contributed by atoms with E-state index >= 15 is 0 Å². The molecule has 3 heterocycles. The van der Waals surface area contributed by atoms with Gasteiger partial charge in [0.1, 0.15) is 48.0 Å². The predicted octanol–water partition coefficient (Wildman–Crippen LogP) is 1.85. The summed E-state index contributed by atoms with van der Waals surface area (Å²) in [6.45, 7) is 0.304. The summed E-state index contributed by atoms with van der Waals surface area (Å²) >= 11 is 0. The summed E-state index contributed by atoms with van der Waals surface area (Å²) in [5.74, 6) is -1.18. The number of carbonyl (C=O) groups is 2. The van der Waals surface area contributed by atoms with Crippen LogP contribution in [0.4, 0.5) is 0 Å². The summed E-state index contributed by atoms with van der Waals surface area (Å²) in [4.78, 5) is 43.5. The molecular weight excluding hydrogens is 486 g/mol. The van der Waals surface area contributed by atoms with Gasteiger partial charge in [-0.15, -0.1) is 0 Å². The Morgan fingerprint density at radius 3 is 2.73 bits per heavy atom. The second kappa shape index (κ2) is 9.93. The second-order valence-corrected chi connectivity index (χ2v) is 8.18. The number of carboxylic acid groups (broad SMARTS) is 1. The van der Waals surface area contributed by atoms with Crippen molar-refractivity contribution in [2.45, 2.75) is 12.5 Å². The van der Waals surface area contributed by atoms with Crippen LogP contribution in [0.15, 0.2) is 58.3 Å². The number of rotatable bonds is 8. The minimum absolute atomic E-state index is 0.00863. The topological polar surface area (TPSA) is 173 Å². The first-order chi connectivity index (χ1) is 17.9. The van der Waals surface area contributed by atoms with E-state index in [1.807, 2.05) is 0 Å². The molecule has 5 rings (SSSR count). The van der Waals surface area contributed by atoms with Crippen LogP contribution in [0.5, 0.6) is 23.0 Å². The summed E-state index contributed by atoms with van der Waals surface area (Å²) in [5, 5.41) is 22.2. The molecule has 1 aliphatic heterocycles. The number of H-pyrrole nitrogens is 1. The molecule has 37 heavy (non-hydrogen) atoms. The number of carbonyl (C=O) groups excluding carboxylic acids is 1. The number of aromatic nitrogens is 2. The molecule has 0 unspecified atom stereocenters. The highest BCUT2D eigenvalue weighted by Crippen LogP contribution is 2.35. The first kappa shape index (κ1) is 23.7. The lowest BCUT2D eigenvalue weighted by Crippen LogP contribution is -2.44. The smallest absolute Gasteiger partial charge is 0.326 e. The van der Waals surface area contributed by atoms with E-state index in [2.05, 4.69) is 15.3 Å². The van der Waals surface area contributed by atoms with E-state index in [0.717, 1.165) is 0 Å². The van der Waals surface area contributed by atoms with Gasteiger partial charge in [-0.2, -0.15) is 0 Å². The number of carboxylic acids is 1. The maximum absolute atomic E-state index is 13.2. The Morgan fingerprint density at radius 1 is 1.16 bits per heavy atom. The Hall–Kier alpha value is -5.00. The van der Waals surface area contributed by atoms with Gasteiger partial charge in [-0.05, 0) is 17.7 Å². The van der Waals surface area contributed by atoms with Crippen LogP contribution in [-0.4, -0.2) is 57.9 Å². The van der Waals surface area contributed by atoms with Gasteiger partial charge in [0.05, 0.1) is 11.9 Å². The fourth-order valence-electron chi connectivity index (χ4n) is 3.90. The third kappa shape index (κ3) is 5.03. The van der Waals surface area contributed by atoms with Crippen LogP contribution in [0.25, 0.3) is 22.1 Å². The van der Waals surface area contributed by atoms with Gasteiger partial charge >= 0.3 is 5.97 Å². The average molecular weight is 507 g/mol. The van der Waals surface area contributed by atoms with Crippen molar-refractivity contribution in [1.82, 2.24) is 15.3 Å². The lowest BCUT2D eigenvalue weighted by molar-refractivity contribution is -0.142. The normalized spacial score (nSPS) is 13.2. The van der Waals surface area contributed by atoms with Crippen molar-refractivity contribution in [2.75, 3.05) is 19.8 Å². The van der Waals surface area contributed by atoms with Gasteiger partial charge in [0.2, 0.25) is 5.43 Å². The molecule has 4 N–H and O–H groups in total. The van der Waals surface area contributed by atoms with Gasteiger partial charge in [-0.25, -0.2) is 9.78 Å². The Morgan fingerprint density at radius 2 is 1.97 bits per heavy atom. The van der Waals surface area contributed by atoms with Gasteiger partial charge < -0.3 is 39.1 Å². The number of phenols is 1. The van der Waals surface area contributed by atoms with Gasteiger partial charge in [0.15, 0.2) is 18.1 Å². The van der Waals surface area contributed by atoms with Gasteiger partial charge in [0, 0.05) is 30.4 Å². The summed E-state index contributed by atoms with van der Waals surface area (Å²) in [6.07, 6.45) is 4.14. The largest absolute Gasteiger partial charge is 0.507 e. The van der Waals surface area contributed by atoms with Crippen molar-refractivity contribution in [3.05, 3.63) is 65.0 Å². The monoisotopic (exact) mass is 507 g/mol. The summed E-state index contributed by atoms with van der Waals surface area (Å²) in [7, 11) is 0. The number of hydrogen-bond acceptors (Lipinski definition) is 9. The van der Waals surface area contributed by atoms with Crippen molar-refractivity contribution in [1.29, 1.82) is 0 Å². The summed E-state index contributed by atoms with van der Waals surface area (Å²) in [6, 6.07) is 6.39. The molecule has 0 fully saturated rings. The zero-order chi connectivity index (χ0) is 25.9. The molecule has 0 aliphatic carbocycles. The summed E-state index contributed by atoms with van der Waals surface area (Å²) < 4.78 is 22.1. The number of phenolic OH excluding ortho intramolecular Hbond substituents is 1. The number of amides is 1. The molecule has 4 aromatic rings. The van der Waals surface area contributed by atoms with Crippen LogP contribution in [0.1, 0.15) is 5.69 Å². The standard InChI is InChI=1S/C25H21N3O9/c29-18-7-15(36-11-22(30)28-17(25(32)33)6-14-9-26-12-27-14)8-21-23(18)24(31)16(10-37-21)13-1-2-19-20(5-13)35-4-3-34-19/h1-2,5,7-10,12,17,29H,3-4,6,11H2,(H,26,27)(H,28,30)(H,32,33)/t17-/m1/s1. The summed E-state index contributed by atoms with van der Waals surface area (Å²) in [5.41, 5.74) is 0.857. The molecule has 0 spiro atoms. The number of nitrogens with zero attached hydrogens (tertiary/aromatic N) is 1. The molecule has 12 heteroatoms. The number of ether oxygens (including phenoxy) is 3. The maximum atomic E-state index is 13.2. The quantitative estimate of drug-likeness (QED) is 0.276. The first-order valence-corrected chi connectivity index (χ1v) is 11.2. The highest BCUT2D eigenvalue weighted by Gasteiger charge is 2.22. The van der Waals surface area contributed by atoms with E-state index in [1.54, 1.807) is 18.2 Å². The maximum Gasteiger partial charge on any atom is 0.326 e. The SMILES string of the molecule is O=C(COc1cc(O)c2c(=O)c(-c3ccc4c(c3)OCCO4)coc2c1)N[C@H](Cc1cnc[nH]1)C(=O)O. The van der Waals surface area contributed by atoms with E-state index in [0.29, 0.717) is 36.0 Å². The third-order valence-electron chi connectivity index (χ3n) is 5.67. The molecule has 1 amide bonds. The second-order valence-electron chi connectivity index (χ2n) is 8.18. The van der Waals surface area contributed by atoms with Gasteiger partial charge in [-0.3, -0.25) is 9.59 Å². The molecule has 2 aromatic heterocycles. The molecule has 0 radical (unpaired) electrons. The number of imidazole rings is 1. The average Bonchev–Trinajstić information content (AvgIpc) is 3.40. The van der Waals surface area contributed by atoms with Crippen LogP contribution >= 0.6 is 0 Å². The van der Waals surface area contributed by atoms with Crippen molar-refractivity contribution in [3.8, 4) is 34.1 Å². The van der Waals surface area contributed by atoms with Gasteiger partial charge in [-0.1, -0.05) is 6.07 Å². The Bertz CT molecular complexity index is 1530. The lowest BCUT2D eigenvalue weighted by atomic mass is 10.0. The van der Waals surface area contributed by atoms with Crippen LogP contribution < -0.4 is 25.0 Å². The van der Waals surface area contributed by atoms with Crippen LogP contribution in [-0.2, 0) is 16.0 Å². The third-order valence-corrected chi connectivity index (χ3v) is 5.67. The predicted molar refractivity (Wildman–Crippen MR) is 128 cm³/mol.